The molecule has 1 amide bonds. The van der Waals surface area contributed by atoms with Crippen molar-refractivity contribution in [3.63, 3.8) is 0 Å². The van der Waals surface area contributed by atoms with Crippen LogP contribution < -0.4 is 5.43 Å². The summed E-state index contributed by atoms with van der Waals surface area (Å²) in [5.41, 5.74) is 3.46. The lowest BCUT2D eigenvalue weighted by molar-refractivity contribution is 0.0662. The molecule has 0 aromatic carbocycles. The van der Waals surface area contributed by atoms with Crippen LogP contribution in [-0.4, -0.2) is 54.0 Å². The summed E-state index contributed by atoms with van der Waals surface area (Å²) in [6, 6.07) is 3.52. The van der Waals surface area contributed by atoms with E-state index in [1.165, 1.54) is 0 Å². The molecule has 0 bridgehead atoms. The van der Waals surface area contributed by atoms with Crippen LogP contribution in [0.2, 0.25) is 0 Å². The van der Waals surface area contributed by atoms with Crippen LogP contribution in [0.25, 0.3) is 0 Å². The van der Waals surface area contributed by atoms with Gasteiger partial charge in [-0.2, -0.15) is 0 Å². The van der Waals surface area contributed by atoms with E-state index in [1.807, 2.05) is 5.01 Å². The molecule has 0 atom stereocenters. The highest BCUT2D eigenvalue weighted by Crippen LogP contribution is 2.06. The number of hydrogen-bond donors (Lipinski definition) is 1. The summed E-state index contributed by atoms with van der Waals surface area (Å²) in [5.74, 6) is -0.102. The summed E-state index contributed by atoms with van der Waals surface area (Å²) >= 11 is 3.24. The van der Waals surface area contributed by atoms with E-state index in [9.17, 15) is 4.79 Å². The predicted octanol–water partition coefficient (Wildman–Crippen LogP) is 0.736. The second kappa shape index (κ2) is 5.57. The Bertz CT molecular complexity index is 387. The summed E-state index contributed by atoms with van der Waals surface area (Å²) in [6.45, 7) is 3.65. The number of carbonyl (C=O) groups is 1. The van der Waals surface area contributed by atoms with E-state index in [2.05, 4.69) is 38.3 Å². The number of hydrazine groups is 1. The van der Waals surface area contributed by atoms with E-state index < -0.39 is 0 Å². The Morgan fingerprint density at radius 1 is 1.35 bits per heavy atom. The summed E-state index contributed by atoms with van der Waals surface area (Å²) in [6.07, 6.45) is 1.56. The molecule has 0 saturated carbocycles. The third kappa shape index (κ3) is 3.49. The Labute approximate surface area is 109 Å². The molecule has 2 rings (SSSR count). The van der Waals surface area contributed by atoms with E-state index in [0.29, 0.717) is 5.56 Å². The number of likely N-dealkylation sites (N-methyl/N-ethyl adjacent to an activating group) is 1. The molecule has 0 spiro atoms. The van der Waals surface area contributed by atoms with Crippen LogP contribution in [0.5, 0.6) is 0 Å². The fourth-order valence-corrected chi connectivity index (χ4v) is 1.87. The number of aromatic nitrogens is 1. The first-order valence-corrected chi connectivity index (χ1v) is 6.30. The monoisotopic (exact) mass is 298 g/mol. The molecule has 5 nitrogen and oxygen atoms in total. The lowest BCUT2D eigenvalue weighted by Gasteiger charge is -2.32. The van der Waals surface area contributed by atoms with Gasteiger partial charge in [0.2, 0.25) is 0 Å². The minimum absolute atomic E-state index is 0.102. The smallest absolute Gasteiger partial charge is 0.267 e. The van der Waals surface area contributed by atoms with Crippen molar-refractivity contribution in [2.24, 2.45) is 0 Å². The number of nitrogens with one attached hydrogen (secondary N) is 1. The molecule has 1 aliphatic rings. The highest BCUT2D eigenvalue weighted by Gasteiger charge is 2.16. The molecule has 92 valence electrons. The normalized spacial score (nSPS) is 18.0. The number of halogens is 1. The molecule has 0 radical (unpaired) electrons. The second-order valence-corrected chi connectivity index (χ2v) is 4.91. The summed E-state index contributed by atoms with van der Waals surface area (Å²) in [4.78, 5) is 18.2. The van der Waals surface area contributed by atoms with Crippen LogP contribution in [0, 0.1) is 0 Å². The van der Waals surface area contributed by atoms with Gasteiger partial charge in [-0.3, -0.25) is 10.2 Å². The molecule has 1 fully saturated rings. The SMILES string of the molecule is CN1CCN(NC(=O)c2ccc(Br)nc2)CC1. The van der Waals surface area contributed by atoms with Crippen molar-refractivity contribution in [1.82, 2.24) is 20.3 Å². The minimum Gasteiger partial charge on any atom is -0.304 e. The lowest BCUT2D eigenvalue weighted by atomic mass is 10.3. The lowest BCUT2D eigenvalue weighted by Crippen LogP contribution is -2.52. The zero-order valence-electron chi connectivity index (χ0n) is 9.69. The molecule has 1 aromatic heterocycles. The topological polar surface area (TPSA) is 48.5 Å². The predicted molar refractivity (Wildman–Crippen MR) is 68.5 cm³/mol. The number of rotatable bonds is 2. The Morgan fingerprint density at radius 2 is 2.06 bits per heavy atom. The van der Waals surface area contributed by atoms with Crippen LogP contribution in [-0.2, 0) is 0 Å². The molecule has 1 saturated heterocycles. The number of nitrogens with zero attached hydrogens (tertiary/aromatic N) is 3. The molecular formula is C11H15BrN4O. The second-order valence-electron chi connectivity index (χ2n) is 4.10. The molecule has 1 N–H and O–H groups in total. The van der Waals surface area contributed by atoms with Gasteiger partial charge in [0.05, 0.1) is 5.56 Å². The van der Waals surface area contributed by atoms with Gasteiger partial charge in [-0.25, -0.2) is 9.99 Å². The highest BCUT2D eigenvalue weighted by molar-refractivity contribution is 9.10. The van der Waals surface area contributed by atoms with Gasteiger partial charge in [-0.15, -0.1) is 0 Å². The van der Waals surface area contributed by atoms with Gasteiger partial charge in [0.25, 0.3) is 5.91 Å². The van der Waals surface area contributed by atoms with Crippen LogP contribution in [0.4, 0.5) is 0 Å². The highest BCUT2D eigenvalue weighted by atomic mass is 79.9. The average molecular weight is 299 g/mol. The van der Waals surface area contributed by atoms with Crippen LogP contribution in [0.1, 0.15) is 10.4 Å². The van der Waals surface area contributed by atoms with Crippen molar-refractivity contribution in [2.75, 3.05) is 33.2 Å². The fraction of sp³-hybridized carbons (Fsp3) is 0.455. The zero-order chi connectivity index (χ0) is 12.3. The first-order chi connectivity index (χ1) is 8.15. The van der Waals surface area contributed by atoms with Crippen LogP contribution >= 0.6 is 15.9 Å². The van der Waals surface area contributed by atoms with E-state index in [1.54, 1.807) is 18.3 Å². The molecular weight excluding hydrogens is 284 g/mol. The van der Waals surface area contributed by atoms with Gasteiger partial charge in [0.15, 0.2) is 0 Å². The van der Waals surface area contributed by atoms with Crippen LogP contribution in [0.3, 0.4) is 0 Å². The van der Waals surface area contributed by atoms with Gasteiger partial charge in [0, 0.05) is 32.4 Å². The Morgan fingerprint density at radius 3 is 2.65 bits per heavy atom. The molecule has 1 aromatic rings. The largest absolute Gasteiger partial charge is 0.304 e. The Balaban J connectivity index is 1.91. The summed E-state index contributed by atoms with van der Waals surface area (Å²) in [5, 5.41) is 1.95. The molecule has 6 heteroatoms. The van der Waals surface area contributed by atoms with Gasteiger partial charge in [-0.05, 0) is 35.1 Å². The number of hydrogen-bond acceptors (Lipinski definition) is 4. The Kier molecular flexibility index (Phi) is 4.09. The zero-order valence-corrected chi connectivity index (χ0v) is 11.3. The van der Waals surface area contributed by atoms with Crippen LogP contribution in [0.15, 0.2) is 22.9 Å². The standard InChI is InChI=1S/C11H15BrN4O/c1-15-4-6-16(7-5-15)14-11(17)9-2-3-10(12)13-8-9/h2-3,8H,4-7H2,1H3,(H,14,17). The minimum atomic E-state index is -0.102. The van der Waals surface area contributed by atoms with Gasteiger partial charge < -0.3 is 4.90 Å². The van der Waals surface area contributed by atoms with Crippen molar-refractivity contribution in [2.45, 2.75) is 0 Å². The maximum Gasteiger partial charge on any atom is 0.267 e. The molecule has 2 heterocycles. The molecule has 0 aliphatic carbocycles. The number of pyridine rings is 1. The van der Waals surface area contributed by atoms with E-state index >= 15 is 0 Å². The van der Waals surface area contributed by atoms with Crippen molar-refractivity contribution < 1.29 is 4.79 Å². The van der Waals surface area contributed by atoms with Gasteiger partial charge in [0.1, 0.15) is 4.60 Å². The van der Waals surface area contributed by atoms with Crippen molar-refractivity contribution in [3.05, 3.63) is 28.5 Å². The van der Waals surface area contributed by atoms with Gasteiger partial charge in [-0.1, -0.05) is 0 Å². The third-order valence-electron chi connectivity index (χ3n) is 2.75. The van der Waals surface area contributed by atoms with Gasteiger partial charge >= 0.3 is 0 Å². The molecule has 17 heavy (non-hydrogen) atoms. The molecule has 1 aliphatic heterocycles. The number of amides is 1. The maximum absolute atomic E-state index is 11.9. The summed E-state index contributed by atoms with van der Waals surface area (Å²) < 4.78 is 0.730. The van der Waals surface area contributed by atoms with Crippen molar-refractivity contribution in [1.29, 1.82) is 0 Å². The van der Waals surface area contributed by atoms with E-state index in [4.69, 9.17) is 0 Å². The Hall–Kier alpha value is -0.980. The third-order valence-corrected chi connectivity index (χ3v) is 3.22. The average Bonchev–Trinajstić information content (AvgIpc) is 2.33. The van der Waals surface area contributed by atoms with E-state index in [0.717, 1.165) is 30.8 Å². The van der Waals surface area contributed by atoms with Crippen molar-refractivity contribution in [3.8, 4) is 0 Å². The quantitative estimate of drug-likeness (QED) is 0.818. The first kappa shape index (κ1) is 12.5. The van der Waals surface area contributed by atoms with E-state index in [-0.39, 0.29) is 5.91 Å². The summed E-state index contributed by atoms with van der Waals surface area (Å²) in [7, 11) is 2.08. The number of piperazine rings is 1. The van der Waals surface area contributed by atoms with Crippen molar-refractivity contribution >= 4 is 21.8 Å². The first-order valence-electron chi connectivity index (χ1n) is 5.51. The fourth-order valence-electron chi connectivity index (χ4n) is 1.64. The maximum atomic E-state index is 11.9. The number of carbonyl (C=O) groups excluding carboxylic acids is 1. The molecule has 0 unspecified atom stereocenters.